The van der Waals surface area contributed by atoms with Crippen LogP contribution in [0.25, 0.3) is 10.6 Å². The molecular formula is C23H29N3O4S. The Labute approximate surface area is 187 Å². The van der Waals surface area contributed by atoms with E-state index in [1.165, 1.54) is 11.3 Å². The van der Waals surface area contributed by atoms with E-state index >= 15 is 0 Å². The fourth-order valence-electron chi connectivity index (χ4n) is 3.16. The molecule has 0 saturated heterocycles. The van der Waals surface area contributed by atoms with Crippen LogP contribution < -0.4 is 9.47 Å². The smallest absolute Gasteiger partial charge is 0.266 e. The van der Waals surface area contributed by atoms with Gasteiger partial charge in [0.2, 0.25) is 0 Å². The Hall–Kier alpha value is -2.84. The van der Waals surface area contributed by atoms with Crippen LogP contribution in [0.3, 0.4) is 0 Å². The summed E-state index contributed by atoms with van der Waals surface area (Å²) in [4.78, 5) is 22.6. The van der Waals surface area contributed by atoms with Gasteiger partial charge in [0.25, 0.3) is 5.91 Å². The molecule has 0 spiro atoms. The highest BCUT2D eigenvalue weighted by Crippen LogP contribution is 2.35. The lowest BCUT2D eigenvalue weighted by atomic mass is 10.2. The maximum Gasteiger partial charge on any atom is 0.266 e. The summed E-state index contributed by atoms with van der Waals surface area (Å²) >= 11 is 1.39. The van der Waals surface area contributed by atoms with Crippen LogP contribution in [-0.2, 0) is 6.54 Å². The summed E-state index contributed by atoms with van der Waals surface area (Å²) in [6, 6.07) is 9.47. The maximum atomic E-state index is 13.4. The molecule has 3 aromatic rings. The second kappa shape index (κ2) is 9.98. The van der Waals surface area contributed by atoms with E-state index in [0.29, 0.717) is 35.2 Å². The number of hydrogen-bond acceptors (Lipinski definition) is 7. The number of rotatable bonds is 9. The fourth-order valence-corrected chi connectivity index (χ4v) is 4.19. The van der Waals surface area contributed by atoms with Gasteiger partial charge in [-0.25, -0.2) is 4.98 Å². The molecule has 0 N–H and O–H groups in total. The summed E-state index contributed by atoms with van der Waals surface area (Å²) in [7, 11) is 7.19. The van der Waals surface area contributed by atoms with E-state index < -0.39 is 0 Å². The number of hydrogen-bond donors (Lipinski definition) is 0. The molecule has 0 atom stereocenters. The minimum Gasteiger partial charge on any atom is -0.493 e. The lowest BCUT2D eigenvalue weighted by Crippen LogP contribution is -2.36. The van der Waals surface area contributed by atoms with Crippen LogP contribution in [0.5, 0.6) is 11.5 Å². The Morgan fingerprint density at radius 2 is 1.81 bits per heavy atom. The van der Waals surface area contributed by atoms with Gasteiger partial charge < -0.3 is 23.7 Å². The van der Waals surface area contributed by atoms with Crippen molar-refractivity contribution in [3.8, 4) is 22.1 Å². The maximum absolute atomic E-state index is 13.4. The predicted octanol–water partition coefficient (Wildman–Crippen LogP) is 4.24. The molecule has 2 aromatic heterocycles. The number of thiazole rings is 1. The first kappa shape index (κ1) is 22.8. The second-order valence-electron chi connectivity index (χ2n) is 7.55. The molecule has 2 heterocycles. The van der Waals surface area contributed by atoms with E-state index in [0.717, 1.165) is 28.6 Å². The van der Waals surface area contributed by atoms with Gasteiger partial charge >= 0.3 is 0 Å². The third-order valence-electron chi connectivity index (χ3n) is 4.87. The largest absolute Gasteiger partial charge is 0.493 e. The van der Waals surface area contributed by atoms with E-state index in [4.69, 9.17) is 13.9 Å². The topological polar surface area (TPSA) is 68.0 Å². The Bertz CT molecular complexity index is 1040. The number of methoxy groups -OCH3 is 2. The monoisotopic (exact) mass is 443 g/mol. The van der Waals surface area contributed by atoms with Crippen LogP contribution in [0.4, 0.5) is 0 Å². The zero-order valence-electron chi connectivity index (χ0n) is 18.9. The van der Waals surface area contributed by atoms with Gasteiger partial charge in [-0.15, -0.1) is 11.3 Å². The molecular weight excluding hydrogens is 414 g/mol. The molecule has 166 valence electrons. The Kier molecular flexibility index (Phi) is 7.35. The number of aromatic nitrogens is 1. The SMILES string of the molecule is COc1ccc(-c2nc(C)c(C(=O)N(CCN(C)C)Cc3ccc(C)o3)s2)cc1OC. The van der Waals surface area contributed by atoms with Crippen molar-refractivity contribution in [1.29, 1.82) is 0 Å². The van der Waals surface area contributed by atoms with Crippen molar-refractivity contribution in [2.45, 2.75) is 20.4 Å². The number of carbonyl (C=O) groups is 1. The third kappa shape index (κ3) is 5.45. The minimum absolute atomic E-state index is 0.0439. The van der Waals surface area contributed by atoms with Gasteiger partial charge in [0.05, 0.1) is 26.5 Å². The minimum atomic E-state index is -0.0439. The Morgan fingerprint density at radius 1 is 1.06 bits per heavy atom. The van der Waals surface area contributed by atoms with E-state index in [-0.39, 0.29) is 5.91 Å². The van der Waals surface area contributed by atoms with Gasteiger partial charge in [0.15, 0.2) is 11.5 Å². The van der Waals surface area contributed by atoms with E-state index in [1.807, 2.05) is 63.2 Å². The van der Waals surface area contributed by atoms with Crippen molar-refractivity contribution < 1.29 is 18.7 Å². The van der Waals surface area contributed by atoms with E-state index in [2.05, 4.69) is 9.88 Å². The molecule has 1 amide bonds. The van der Waals surface area contributed by atoms with Gasteiger partial charge in [0, 0.05) is 18.7 Å². The second-order valence-corrected chi connectivity index (χ2v) is 8.54. The first-order chi connectivity index (χ1) is 14.8. The summed E-state index contributed by atoms with van der Waals surface area (Å²) < 4.78 is 16.4. The van der Waals surface area contributed by atoms with Gasteiger partial charge in [-0.1, -0.05) is 0 Å². The Balaban J connectivity index is 1.89. The normalized spacial score (nSPS) is 11.1. The first-order valence-electron chi connectivity index (χ1n) is 10.0. The highest BCUT2D eigenvalue weighted by atomic mass is 32.1. The van der Waals surface area contributed by atoms with Gasteiger partial charge in [-0.2, -0.15) is 0 Å². The molecule has 0 aliphatic heterocycles. The van der Waals surface area contributed by atoms with Gasteiger partial charge in [-0.05, 0) is 58.3 Å². The molecule has 31 heavy (non-hydrogen) atoms. The van der Waals surface area contributed by atoms with Crippen LogP contribution in [0.2, 0.25) is 0 Å². The summed E-state index contributed by atoms with van der Waals surface area (Å²) in [6.45, 7) is 5.54. The summed E-state index contributed by atoms with van der Waals surface area (Å²) in [5.41, 5.74) is 1.59. The van der Waals surface area contributed by atoms with Gasteiger partial charge in [0.1, 0.15) is 21.4 Å². The molecule has 0 saturated carbocycles. The van der Waals surface area contributed by atoms with Crippen LogP contribution in [0.1, 0.15) is 26.9 Å². The molecule has 0 aliphatic rings. The lowest BCUT2D eigenvalue weighted by Gasteiger charge is -2.23. The van der Waals surface area contributed by atoms with Crippen molar-refractivity contribution >= 4 is 17.2 Å². The van der Waals surface area contributed by atoms with Crippen LogP contribution in [0, 0.1) is 13.8 Å². The summed E-state index contributed by atoms with van der Waals surface area (Å²) in [6.07, 6.45) is 0. The zero-order chi connectivity index (χ0) is 22.5. The number of amides is 1. The zero-order valence-corrected chi connectivity index (χ0v) is 19.7. The average Bonchev–Trinajstić information content (AvgIpc) is 3.35. The first-order valence-corrected chi connectivity index (χ1v) is 10.8. The van der Waals surface area contributed by atoms with Crippen LogP contribution in [-0.4, -0.2) is 62.1 Å². The average molecular weight is 444 g/mol. The van der Waals surface area contributed by atoms with Crippen molar-refractivity contribution in [3.63, 3.8) is 0 Å². The molecule has 8 heteroatoms. The molecule has 7 nitrogen and oxygen atoms in total. The fraction of sp³-hybridized carbons (Fsp3) is 0.391. The highest BCUT2D eigenvalue weighted by molar-refractivity contribution is 7.17. The molecule has 1 aromatic carbocycles. The molecule has 0 fully saturated rings. The lowest BCUT2D eigenvalue weighted by molar-refractivity contribution is 0.0723. The number of carbonyl (C=O) groups excluding carboxylic acids is 1. The van der Waals surface area contributed by atoms with Crippen molar-refractivity contribution in [3.05, 3.63) is 52.4 Å². The highest BCUT2D eigenvalue weighted by Gasteiger charge is 2.23. The van der Waals surface area contributed by atoms with Gasteiger partial charge in [-0.3, -0.25) is 4.79 Å². The standard InChI is InChI=1S/C23H29N3O4S/c1-15-7-9-18(30-15)14-26(12-11-25(3)4)23(27)21-16(2)24-22(31-21)17-8-10-19(28-5)20(13-17)29-6/h7-10,13H,11-12,14H2,1-6H3. The predicted molar refractivity (Wildman–Crippen MR) is 122 cm³/mol. The van der Waals surface area contributed by atoms with Crippen molar-refractivity contribution in [1.82, 2.24) is 14.8 Å². The number of nitrogens with zero attached hydrogens (tertiary/aromatic N) is 3. The summed E-state index contributed by atoms with van der Waals surface area (Å²) in [5.74, 6) is 2.84. The number of aryl methyl sites for hydroxylation is 2. The van der Waals surface area contributed by atoms with Crippen molar-refractivity contribution in [2.75, 3.05) is 41.4 Å². The summed E-state index contributed by atoms with van der Waals surface area (Å²) in [5, 5.41) is 0.767. The molecule has 0 bridgehead atoms. The van der Waals surface area contributed by atoms with E-state index in [9.17, 15) is 4.79 Å². The number of ether oxygens (including phenoxy) is 2. The molecule has 0 aliphatic carbocycles. The third-order valence-corrected chi connectivity index (χ3v) is 6.06. The number of furan rings is 1. The van der Waals surface area contributed by atoms with E-state index in [1.54, 1.807) is 14.2 Å². The Morgan fingerprint density at radius 3 is 2.42 bits per heavy atom. The molecule has 0 radical (unpaired) electrons. The van der Waals surface area contributed by atoms with Crippen LogP contribution >= 0.6 is 11.3 Å². The quantitative estimate of drug-likeness (QED) is 0.493. The molecule has 0 unspecified atom stereocenters. The van der Waals surface area contributed by atoms with Crippen molar-refractivity contribution in [2.24, 2.45) is 0 Å². The van der Waals surface area contributed by atoms with Crippen LogP contribution in [0.15, 0.2) is 34.7 Å². The number of benzene rings is 1. The molecule has 3 rings (SSSR count). The number of likely N-dealkylation sites (N-methyl/N-ethyl adjacent to an activating group) is 1.